The van der Waals surface area contributed by atoms with Gasteiger partial charge in [0.05, 0.1) is 0 Å². The Morgan fingerprint density at radius 3 is 2.20 bits per heavy atom. The van der Waals surface area contributed by atoms with Crippen LogP contribution in [0.15, 0.2) is 24.3 Å². The number of halogens is 1. The van der Waals surface area contributed by atoms with Crippen LogP contribution in [0.2, 0.25) is 0 Å². The van der Waals surface area contributed by atoms with Gasteiger partial charge in [-0.25, -0.2) is 0 Å². The van der Waals surface area contributed by atoms with E-state index in [1.807, 2.05) is 45.0 Å². The van der Waals surface area contributed by atoms with Crippen LogP contribution < -0.4 is 10.2 Å². The van der Waals surface area contributed by atoms with E-state index in [-0.39, 0.29) is 17.2 Å². The molecule has 2 amide bonds. The first-order chi connectivity index (χ1) is 9.21. The van der Waals surface area contributed by atoms with Crippen molar-refractivity contribution < 1.29 is 9.59 Å². The smallest absolute Gasteiger partial charge is 0.250 e. The zero-order valence-electron chi connectivity index (χ0n) is 12.1. The average molecular weight is 386 g/mol. The second-order valence-corrected chi connectivity index (χ2v) is 7.41. The molecule has 1 aromatic rings. The molecule has 2 unspecified atom stereocenters. The van der Waals surface area contributed by atoms with E-state index >= 15 is 0 Å². The summed E-state index contributed by atoms with van der Waals surface area (Å²) in [5, 5.41) is 2.84. The van der Waals surface area contributed by atoms with Crippen LogP contribution in [0.3, 0.4) is 0 Å². The zero-order chi connectivity index (χ0) is 15.1. The van der Waals surface area contributed by atoms with Crippen molar-refractivity contribution in [2.75, 3.05) is 4.90 Å². The van der Waals surface area contributed by atoms with Gasteiger partial charge in [-0.15, -0.1) is 0 Å². The number of benzene rings is 1. The molecule has 0 spiro atoms. The van der Waals surface area contributed by atoms with E-state index < -0.39 is 12.1 Å². The highest BCUT2D eigenvalue weighted by atomic mass is 127. The van der Waals surface area contributed by atoms with E-state index in [0.29, 0.717) is 0 Å². The first-order valence-electron chi connectivity index (χ1n) is 6.61. The molecule has 20 heavy (non-hydrogen) atoms. The Kier molecular flexibility index (Phi) is 4.09. The molecule has 1 aliphatic heterocycles. The summed E-state index contributed by atoms with van der Waals surface area (Å²) in [6.45, 7) is 7.62. The molecule has 1 aliphatic rings. The van der Waals surface area contributed by atoms with Crippen LogP contribution in [0.1, 0.15) is 27.7 Å². The summed E-state index contributed by atoms with van der Waals surface area (Å²) < 4.78 is 1.10. The molecule has 1 N–H and O–H groups in total. The van der Waals surface area contributed by atoms with Crippen molar-refractivity contribution >= 4 is 40.1 Å². The highest BCUT2D eigenvalue weighted by Gasteiger charge is 2.44. The van der Waals surface area contributed by atoms with Crippen LogP contribution in [-0.2, 0) is 9.59 Å². The number of nitrogens with one attached hydrogen (secondary N) is 1. The summed E-state index contributed by atoms with van der Waals surface area (Å²) in [5.41, 5.74) is 0.459. The summed E-state index contributed by atoms with van der Waals surface area (Å²) in [5.74, 6) is -0.158. The highest BCUT2D eigenvalue weighted by Crippen LogP contribution is 2.29. The molecule has 0 aliphatic carbocycles. The summed E-state index contributed by atoms with van der Waals surface area (Å²) in [4.78, 5) is 26.5. The lowest BCUT2D eigenvalue weighted by molar-refractivity contribution is -0.136. The van der Waals surface area contributed by atoms with Gasteiger partial charge in [0.15, 0.2) is 0 Å². The minimum Gasteiger partial charge on any atom is -0.342 e. The third kappa shape index (κ3) is 2.82. The van der Waals surface area contributed by atoms with Gasteiger partial charge >= 0.3 is 0 Å². The SMILES string of the molecule is CC1C(=O)NC(C(C)(C)C)C(=O)N1c1ccc(I)cc1. The van der Waals surface area contributed by atoms with Gasteiger partial charge in [-0.1, -0.05) is 20.8 Å². The zero-order valence-corrected chi connectivity index (χ0v) is 14.3. The predicted octanol–water partition coefficient (Wildman–Crippen LogP) is 2.56. The van der Waals surface area contributed by atoms with Gasteiger partial charge in [0, 0.05) is 9.26 Å². The molecule has 1 heterocycles. The molecular formula is C15H19IN2O2. The Labute approximate surface area is 133 Å². The molecule has 2 rings (SSSR count). The number of hydrogen-bond acceptors (Lipinski definition) is 2. The fraction of sp³-hybridized carbons (Fsp3) is 0.467. The molecule has 5 heteroatoms. The van der Waals surface area contributed by atoms with Gasteiger partial charge in [-0.3, -0.25) is 14.5 Å². The summed E-state index contributed by atoms with van der Waals surface area (Å²) in [7, 11) is 0. The highest BCUT2D eigenvalue weighted by molar-refractivity contribution is 14.1. The Hall–Kier alpha value is -1.11. The van der Waals surface area contributed by atoms with Crippen molar-refractivity contribution in [3.05, 3.63) is 27.8 Å². The Morgan fingerprint density at radius 2 is 1.70 bits per heavy atom. The van der Waals surface area contributed by atoms with E-state index in [1.165, 1.54) is 0 Å². The molecule has 2 atom stereocenters. The number of carbonyl (C=O) groups excluding carboxylic acids is 2. The van der Waals surface area contributed by atoms with E-state index in [4.69, 9.17) is 0 Å². The van der Waals surface area contributed by atoms with Crippen LogP contribution in [-0.4, -0.2) is 23.9 Å². The Balaban J connectivity index is 2.41. The number of hydrogen-bond donors (Lipinski definition) is 1. The monoisotopic (exact) mass is 386 g/mol. The van der Waals surface area contributed by atoms with Crippen LogP contribution in [0.4, 0.5) is 5.69 Å². The van der Waals surface area contributed by atoms with Crippen molar-refractivity contribution in [2.24, 2.45) is 5.41 Å². The molecule has 1 aromatic carbocycles. The maximum absolute atomic E-state index is 12.7. The fourth-order valence-electron chi connectivity index (χ4n) is 2.31. The molecule has 108 valence electrons. The third-order valence-electron chi connectivity index (χ3n) is 3.51. The number of amides is 2. The van der Waals surface area contributed by atoms with E-state index in [9.17, 15) is 9.59 Å². The average Bonchev–Trinajstić information content (AvgIpc) is 2.35. The molecule has 0 saturated carbocycles. The fourth-order valence-corrected chi connectivity index (χ4v) is 2.67. The Morgan fingerprint density at radius 1 is 1.15 bits per heavy atom. The second kappa shape index (κ2) is 5.35. The maximum atomic E-state index is 12.7. The first kappa shape index (κ1) is 15.3. The van der Waals surface area contributed by atoms with Crippen LogP contribution in [0.5, 0.6) is 0 Å². The molecule has 1 saturated heterocycles. The van der Waals surface area contributed by atoms with Crippen LogP contribution in [0, 0.1) is 8.99 Å². The minimum absolute atomic E-state index is 0.0502. The maximum Gasteiger partial charge on any atom is 0.250 e. The number of carbonyl (C=O) groups is 2. The van der Waals surface area contributed by atoms with Gasteiger partial charge in [0.25, 0.3) is 5.91 Å². The van der Waals surface area contributed by atoms with Gasteiger partial charge in [0.2, 0.25) is 5.91 Å². The molecule has 0 bridgehead atoms. The molecule has 4 nitrogen and oxygen atoms in total. The summed E-state index contributed by atoms with van der Waals surface area (Å²) >= 11 is 2.22. The number of nitrogens with zero attached hydrogens (tertiary/aromatic N) is 1. The first-order valence-corrected chi connectivity index (χ1v) is 7.68. The van der Waals surface area contributed by atoms with Crippen LogP contribution >= 0.6 is 22.6 Å². The summed E-state index contributed by atoms with van der Waals surface area (Å²) in [6.07, 6.45) is 0. The van der Waals surface area contributed by atoms with Crippen molar-refractivity contribution in [1.29, 1.82) is 0 Å². The van der Waals surface area contributed by atoms with Gasteiger partial charge in [-0.2, -0.15) is 0 Å². The van der Waals surface area contributed by atoms with Crippen molar-refractivity contribution in [1.82, 2.24) is 5.32 Å². The van der Waals surface area contributed by atoms with Crippen molar-refractivity contribution in [3.8, 4) is 0 Å². The van der Waals surface area contributed by atoms with E-state index in [1.54, 1.807) is 11.8 Å². The number of rotatable bonds is 1. The van der Waals surface area contributed by atoms with Crippen molar-refractivity contribution in [3.63, 3.8) is 0 Å². The second-order valence-electron chi connectivity index (χ2n) is 6.17. The summed E-state index contributed by atoms with van der Waals surface area (Å²) in [6, 6.07) is 6.66. The lowest BCUT2D eigenvalue weighted by atomic mass is 9.84. The largest absolute Gasteiger partial charge is 0.342 e. The predicted molar refractivity (Wildman–Crippen MR) is 87.5 cm³/mol. The standard InChI is InChI=1S/C15H19IN2O2/c1-9-13(19)17-12(15(2,3)4)14(20)18(9)11-7-5-10(16)6-8-11/h5-9,12H,1-4H3,(H,17,19). The van der Waals surface area contributed by atoms with Gasteiger partial charge < -0.3 is 5.32 Å². The third-order valence-corrected chi connectivity index (χ3v) is 4.23. The Bertz CT molecular complexity index is 534. The van der Waals surface area contributed by atoms with Gasteiger partial charge in [0.1, 0.15) is 12.1 Å². The van der Waals surface area contributed by atoms with E-state index in [0.717, 1.165) is 9.26 Å². The normalized spacial score (nSPS) is 23.8. The quantitative estimate of drug-likeness (QED) is 0.755. The van der Waals surface area contributed by atoms with E-state index in [2.05, 4.69) is 27.9 Å². The number of anilines is 1. The van der Waals surface area contributed by atoms with Crippen LogP contribution in [0.25, 0.3) is 0 Å². The lowest BCUT2D eigenvalue weighted by Gasteiger charge is -2.42. The number of piperazine rings is 1. The van der Waals surface area contributed by atoms with Gasteiger partial charge in [-0.05, 0) is 59.2 Å². The molecular weight excluding hydrogens is 367 g/mol. The molecule has 0 radical (unpaired) electrons. The van der Waals surface area contributed by atoms with Crippen molar-refractivity contribution in [2.45, 2.75) is 39.8 Å². The molecule has 0 aromatic heterocycles. The minimum atomic E-state index is -0.495. The topological polar surface area (TPSA) is 49.4 Å². The lowest BCUT2D eigenvalue weighted by Crippen LogP contribution is -2.66. The molecule has 1 fully saturated rings.